The summed E-state index contributed by atoms with van der Waals surface area (Å²) < 4.78 is 30.3. The monoisotopic (exact) mass is 432 g/mol. The first-order valence-corrected chi connectivity index (χ1v) is 10.1. The van der Waals surface area contributed by atoms with Crippen LogP contribution in [0.1, 0.15) is 50.9 Å². The molecule has 1 aromatic carbocycles. The SMILES string of the molecule is COC(=O)c1cnccc1-c1ccc(OCCCC(C)NC(=O)OC(C)(C)C)cc1F. The number of amides is 1. The molecule has 2 aromatic rings. The summed E-state index contributed by atoms with van der Waals surface area (Å²) in [6.45, 7) is 7.66. The zero-order chi connectivity index (χ0) is 23.0. The number of carbonyl (C=O) groups excluding carboxylic acids is 2. The zero-order valence-electron chi connectivity index (χ0n) is 18.5. The number of ether oxygens (including phenoxy) is 3. The summed E-state index contributed by atoms with van der Waals surface area (Å²) in [5, 5.41) is 2.77. The molecule has 1 N–H and O–H groups in total. The van der Waals surface area contributed by atoms with E-state index in [4.69, 9.17) is 14.2 Å². The number of carbonyl (C=O) groups is 2. The fourth-order valence-electron chi connectivity index (χ4n) is 2.87. The number of nitrogens with zero attached hydrogens (tertiary/aromatic N) is 1. The largest absolute Gasteiger partial charge is 0.493 e. The minimum Gasteiger partial charge on any atom is -0.493 e. The number of rotatable bonds is 8. The van der Waals surface area contributed by atoms with Gasteiger partial charge in [-0.15, -0.1) is 0 Å². The van der Waals surface area contributed by atoms with Crippen LogP contribution >= 0.6 is 0 Å². The Labute approximate surface area is 181 Å². The molecule has 0 saturated carbocycles. The van der Waals surface area contributed by atoms with Crippen LogP contribution in [0.25, 0.3) is 11.1 Å². The third-order valence-electron chi connectivity index (χ3n) is 4.27. The van der Waals surface area contributed by atoms with Gasteiger partial charge in [-0.1, -0.05) is 0 Å². The number of nitrogens with one attached hydrogen (secondary N) is 1. The van der Waals surface area contributed by atoms with Crippen LogP contribution in [0, 0.1) is 5.82 Å². The molecule has 2 rings (SSSR count). The van der Waals surface area contributed by atoms with E-state index in [1.807, 2.05) is 6.92 Å². The molecule has 0 fully saturated rings. The highest BCUT2D eigenvalue weighted by atomic mass is 19.1. The number of benzene rings is 1. The van der Waals surface area contributed by atoms with Crippen LogP contribution in [0.4, 0.5) is 9.18 Å². The van der Waals surface area contributed by atoms with E-state index in [0.717, 1.165) is 0 Å². The molecule has 0 spiro atoms. The number of hydrogen-bond donors (Lipinski definition) is 1. The lowest BCUT2D eigenvalue weighted by atomic mass is 10.0. The highest BCUT2D eigenvalue weighted by Gasteiger charge is 2.18. The van der Waals surface area contributed by atoms with E-state index in [-0.39, 0.29) is 17.2 Å². The van der Waals surface area contributed by atoms with Crippen molar-refractivity contribution in [1.82, 2.24) is 10.3 Å². The number of alkyl carbamates (subject to hydrolysis) is 1. The molecule has 8 heteroatoms. The molecule has 0 radical (unpaired) electrons. The molecule has 31 heavy (non-hydrogen) atoms. The van der Waals surface area contributed by atoms with E-state index in [2.05, 4.69) is 10.3 Å². The summed E-state index contributed by atoms with van der Waals surface area (Å²) in [7, 11) is 1.26. The van der Waals surface area contributed by atoms with Gasteiger partial charge in [-0.25, -0.2) is 14.0 Å². The van der Waals surface area contributed by atoms with Gasteiger partial charge in [-0.05, 0) is 58.7 Å². The van der Waals surface area contributed by atoms with Gasteiger partial charge in [0, 0.05) is 35.6 Å². The normalized spacial score (nSPS) is 12.1. The van der Waals surface area contributed by atoms with Crippen molar-refractivity contribution in [3.63, 3.8) is 0 Å². The Kier molecular flexibility index (Phi) is 8.36. The maximum absolute atomic E-state index is 14.7. The van der Waals surface area contributed by atoms with Crippen LogP contribution in [0.15, 0.2) is 36.7 Å². The van der Waals surface area contributed by atoms with Crippen molar-refractivity contribution >= 4 is 12.1 Å². The molecule has 168 valence electrons. The molecule has 0 aliphatic carbocycles. The topological polar surface area (TPSA) is 86.8 Å². The van der Waals surface area contributed by atoms with Crippen molar-refractivity contribution in [2.75, 3.05) is 13.7 Å². The van der Waals surface area contributed by atoms with Crippen LogP contribution in [-0.4, -0.2) is 42.4 Å². The van der Waals surface area contributed by atoms with Crippen LogP contribution < -0.4 is 10.1 Å². The number of hydrogen-bond acceptors (Lipinski definition) is 6. The minimum absolute atomic E-state index is 0.0824. The number of pyridine rings is 1. The van der Waals surface area contributed by atoms with E-state index in [1.165, 1.54) is 25.6 Å². The van der Waals surface area contributed by atoms with Crippen molar-refractivity contribution in [1.29, 1.82) is 0 Å². The van der Waals surface area contributed by atoms with Gasteiger partial charge in [0.15, 0.2) is 0 Å². The smallest absolute Gasteiger partial charge is 0.407 e. The van der Waals surface area contributed by atoms with Gasteiger partial charge in [-0.2, -0.15) is 0 Å². The summed E-state index contributed by atoms with van der Waals surface area (Å²) in [6.07, 6.45) is 3.72. The Hall–Kier alpha value is -3.16. The standard InChI is InChI=1S/C23H29FN2O5/c1-15(26-22(28)31-23(2,3)4)7-6-12-30-16-8-9-18(20(24)13-16)17-10-11-25-14-19(17)21(27)29-5/h8-11,13-15H,6-7,12H2,1-5H3,(H,26,28). The van der Waals surface area contributed by atoms with Gasteiger partial charge < -0.3 is 19.5 Å². The summed E-state index contributed by atoms with van der Waals surface area (Å²) in [6, 6.07) is 5.95. The van der Waals surface area contributed by atoms with E-state index in [1.54, 1.807) is 39.0 Å². The highest BCUT2D eigenvalue weighted by Crippen LogP contribution is 2.29. The lowest BCUT2D eigenvalue weighted by molar-refractivity contribution is 0.0503. The predicted octanol–water partition coefficient (Wildman–Crippen LogP) is 4.75. The van der Waals surface area contributed by atoms with Gasteiger partial charge in [0.1, 0.15) is 17.2 Å². The molecule has 0 aliphatic heterocycles. The minimum atomic E-state index is -0.586. The number of aromatic nitrogens is 1. The zero-order valence-corrected chi connectivity index (χ0v) is 18.5. The summed E-state index contributed by atoms with van der Waals surface area (Å²) in [5.41, 5.74) is 0.291. The van der Waals surface area contributed by atoms with Crippen molar-refractivity contribution in [2.24, 2.45) is 0 Å². The van der Waals surface area contributed by atoms with Crippen LogP contribution in [0.2, 0.25) is 0 Å². The summed E-state index contributed by atoms with van der Waals surface area (Å²) in [4.78, 5) is 27.6. The predicted molar refractivity (Wildman–Crippen MR) is 115 cm³/mol. The molecule has 1 amide bonds. The first kappa shape index (κ1) is 24.1. The van der Waals surface area contributed by atoms with E-state index in [0.29, 0.717) is 30.8 Å². The van der Waals surface area contributed by atoms with Crippen LogP contribution in [0.3, 0.4) is 0 Å². The van der Waals surface area contributed by atoms with Gasteiger partial charge in [0.25, 0.3) is 0 Å². The van der Waals surface area contributed by atoms with Crippen LogP contribution in [-0.2, 0) is 9.47 Å². The Balaban J connectivity index is 1.90. The second-order valence-corrected chi connectivity index (χ2v) is 8.09. The Bertz CT molecular complexity index is 911. The average molecular weight is 432 g/mol. The molecule has 1 heterocycles. The molecule has 0 aliphatic rings. The summed E-state index contributed by atoms with van der Waals surface area (Å²) >= 11 is 0. The fraction of sp³-hybridized carbons (Fsp3) is 0.435. The molecule has 1 aromatic heterocycles. The Morgan fingerprint density at radius 1 is 1.19 bits per heavy atom. The number of methoxy groups -OCH3 is 1. The third-order valence-corrected chi connectivity index (χ3v) is 4.27. The van der Waals surface area contributed by atoms with Crippen molar-refractivity contribution in [2.45, 2.75) is 52.2 Å². The van der Waals surface area contributed by atoms with E-state index >= 15 is 0 Å². The van der Waals surface area contributed by atoms with E-state index < -0.39 is 23.5 Å². The molecular formula is C23H29FN2O5. The third kappa shape index (κ3) is 7.55. The molecular weight excluding hydrogens is 403 g/mol. The maximum Gasteiger partial charge on any atom is 0.407 e. The Morgan fingerprint density at radius 3 is 2.58 bits per heavy atom. The second kappa shape index (κ2) is 10.7. The molecule has 0 saturated heterocycles. The summed E-state index contributed by atoms with van der Waals surface area (Å²) in [5.74, 6) is -0.728. The lowest BCUT2D eigenvalue weighted by Crippen LogP contribution is -2.37. The van der Waals surface area contributed by atoms with E-state index in [9.17, 15) is 14.0 Å². The first-order chi connectivity index (χ1) is 14.6. The Morgan fingerprint density at radius 2 is 1.94 bits per heavy atom. The van der Waals surface area contributed by atoms with Gasteiger partial charge in [0.2, 0.25) is 0 Å². The number of halogens is 1. The maximum atomic E-state index is 14.7. The molecule has 7 nitrogen and oxygen atoms in total. The molecule has 0 bridgehead atoms. The van der Waals surface area contributed by atoms with Crippen molar-refractivity contribution in [3.05, 3.63) is 48.0 Å². The van der Waals surface area contributed by atoms with Crippen molar-refractivity contribution in [3.8, 4) is 16.9 Å². The van der Waals surface area contributed by atoms with Crippen LogP contribution in [0.5, 0.6) is 5.75 Å². The highest BCUT2D eigenvalue weighted by molar-refractivity contribution is 5.96. The average Bonchev–Trinajstić information content (AvgIpc) is 2.69. The number of esters is 1. The molecule has 1 atom stereocenters. The first-order valence-electron chi connectivity index (χ1n) is 10.1. The second-order valence-electron chi connectivity index (χ2n) is 8.09. The van der Waals surface area contributed by atoms with Gasteiger partial charge in [0.05, 0.1) is 19.3 Å². The van der Waals surface area contributed by atoms with Gasteiger partial charge >= 0.3 is 12.1 Å². The quantitative estimate of drug-likeness (QED) is 0.479. The molecule has 1 unspecified atom stereocenters. The van der Waals surface area contributed by atoms with Crippen molar-refractivity contribution < 1.29 is 28.2 Å². The van der Waals surface area contributed by atoms with Gasteiger partial charge in [-0.3, -0.25) is 4.98 Å². The lowest BCUT2D eigenvalue weighted by Gasteiger charge is -2.22. The fourth-order valence-corrected chi connectivity index (χ4v) is 2.87.